The van der Waals surface area contributed by atoms with Crippen LogP contribution in [0.3, 0.4) is 0 Å². The highest BCUT2D eigenvalue weighted by atomic mass is 16.5. The van der Waals surface area contributed by atoms with Crippen LogP contribution in [0.1, 0.15) is 46.3 Å². The van der Waals surface area contributed by atoms with Gasteiger partial charge in [0.15, 0.2) is 0 Å². The van der Waals surface area contributed by atoms with Crippen molar-refractivity contribution >= 4 is 6.09 Å². The molecule has 0 bridgehead atoms. The second-order valence-electron chi connectivity index (χ2n) is 8.40. The predicted molar refractivity (Wildman–Crippen MR) is 126 cm³/mol. The highest BCUT2D eigenvalue weighted by molar-refractivity contribution is 5.79. The van der Waals surface area contributed by atoms with Crippen LogP contribution >= 0.6 is 0 Å². The van der Waals surface area contributed by atoms with Crippen LogP contribution in [0.2, 0.25) is 0 Å². The first-order chi connectivity index (χ1) is 16.0. The van der Waals surface area contributed by atoms with Gasteiger partial charge in [0, 0.05) is 12.5 Å². The van der Waals surface area contributed by atoms with Gasteiger partial charge in [0.25, 0.3) is 0 Å². The molecule has 1 amide bonds. The summed E-state index contributed by atoms with van der Waals surface area (Å²) in [5, 5.41) is 32.7. The van der Waals surface area contributed by atoms with Crippen molar-refractivity contribution in [3.05, 3.63) is 94.5 Å². The van der Waals surface area contributed by atoms with Crippen molar-refractivity contribution in [2.45, 2.75) is 38.1 Å². The van der Waals surface area contributed by atoms with Gasteiger partial charge in [-0.15, -0.1) is 0 Å². The van der Waals surface area contributed by atoms with Crippen molar-refractivity contribution in [1.82, 2.24) is 5.32 Å². The topological polar surface area (TPSA) is 99.0 Å². The van der Waals surface area contributed by atoms with E-state index in [1.807, 2.05) is 31.2 Å². The van der Waals surface area contributed by atoms with E-state index < -0.39 is 18.3 Å². The number of amides is 1. The molecule has 2 atom stereocenters. The van der Waals surface area contributed by atoms with E-state index in [4.69, 9.17) is 4.74 Å². The standard InChI is InChI=1S/C27H29NO5/c1-17-14-18(10-11-19(17)15-29)26(31)25(30)12-13-28-27(32)33-16-24-22-8-4-2-6-20(22)21-7-3-5-9-23(21)24/h2-11,14,24-26,29-31H,12-13,15-16H2,1H3,(H,28,32). The van der Waals surface area contributed by atoms with Gasteiger partial charge in [-0.1, -0.05) is 66.7 Å². The molecule has 0 aliphatic heterocycles. The van der Waals surface area contributed by atoms with Gasteiger partial charge in [-0.3, -0.25) is 0 Å². The molecule has 0 aromatic heterocycles. The molecule has 0 saturated carbocycles. The number of rotatable bonds is 8. The first-order valence-corrected chi connectivity index (χ1v) is 11.1. The molecule has 172 valence electrons. The highest BCUT2D eigenvalue weighted by Crippen LogP contribution is 2.44. The van der Waals surface area contributed by atoms with Crippen molar-refractivity contribution in [1.29, 1.82) is 0 Å². The number of aliphatic hydroxyl groups excluding tert-OH is 3. The van der Waals surface area contributed by atoms with Gasteiger partial charge in [-0.05, 0) is 52.3 Å². The molecular weight excluding hydrogens is 418 g/mol. The zero-order chi connectivity index (χ0) is 23.4. The molecule has 3 aromatic rings. The Kier molecular flexibility index (Phi) is 7.08. The largest absolute Gasteiger partial charge is 0.449 e. The van der Waals surface area contributed by atoms with Crippen LogP contribution in [-0.4, -0.2) is 40.7 Å². The number of benzene rings is 3. The lowest BCUT2D eigenvalue weighted by Gasteiger charge is -2.19. The van der Waals surface area contributed by atoms with Crippen LogP contribution in [0.5, 0.6) is 0 Å². The Balaban J connectivity index is 1.28. The molecule has 4 rings (SSSR count). The third-order valence-corrected chi connectivity index (χ3v) is 6.30. The summed E-state index contributed by atoms with van der Waals surface area (Å²) in [7, 11) is 0. The van der Waals surface area contributed by atoms with Gasteiger partial charge in [-0.2, -0.15) is 0 Å². The van der Waals surface area contributed by atoms with E-state index in [2.05, 4.69) is 29.6 Å². The summed E-state index contributed by atoms with van der Waals surface area (Å²) in [4.78, 5) is 12.3. The summed E-state index contributed by atoms with van der Waals surface area (Å²) in [6, 6.07) is 21.5. The molecule has 2 unspecified atom stereocenters. The maximum absolute atomic E-state index is 12.3. The van der Waals surface area contributed by atoms with Crippen molar-refractivity contribution in [3.8, 4) is 11.1 Å². The van der Waals surface area contributed by atoms with Gasteiger partial charge in [0.1, 0.15) is 12.7 Å². The van der Waals surface area contributed by atoms with Gasteiger partial charge in [0.2, 0.25) is 0 Å². The summed E-state index contributed by atoms with van der Waals surface area (Å²) >= 11 is 0. The van der Waals surface area contributed by atoms with E-state index in [1.165, 1.54) is 11.1 Å². The summed E-state index contributed by atoms with van der Waals surface area (Å²) in [6.07, 6.45) is -2.51. The van der Waals surface area contributed by atoms with Crippen LogP contribution in [0.25, 0.3) is 11.1 Å². The molecule has 6 nitrogen and oxygen atoms in total. The minimum atomic E-state index is -1.08. The lowest BCUT2D eigenvalue weighted by molar-refractivity contribution is 0.0136. The van der Waals surface area contributed by atoms with Crippen LogP contribution in [0.15, 0.2) is 66.7 Å². The SMILES string of the molecule is Cc1cc(C(O)C(O)CCNC(=O)OCC2c3ccccc3-c3ccccc32)ccc1CO. The molecule has 0 fully saturated rings. The fourth-order valence-electron chi connectivity index (χ4n) is 4.43. The lowest BCUT2D eigenvalue weighted by atomic mass is 9.98. The molecule has 0 radical (unpaired) electrons. The number of ether oxygens (including phenoxy) is 1. The van der Waals surface area contributed by atoms with Gasteiger partial charge in [0.05, 0.1) is 12.7 Å². The minimum absolute atomic E-state index is 0.0132. The number of alkyl carbamates (subject to hydrolysis) is 1. The Morgan fingerprint density at radius 3 is 2.24 bits per heavy atom. The van der Waals surface area contributed by atoms with Gasteiger partial charge >= 0.3 is 6.09 Å². The zero-order valence-corrected chi connectivity index (χ0v) is 18.6. The summed E-state index contributed by atoms with van der Waals surface area (Å²) < 4.78 is 5.49. The normalized spacial score (nSPS) is 14.3. The molecular formula is C27H29NO5. The minimum Gasteiger partial charge on any atom is -0.449 e. The summed E-state index contributed by atoms with van der Waals surface area (Å²) in [6.45, 7) is 2.16. The van der Waals surface area contributed by atoms with Crippen molar-refractivity contribution in [2.75, 3.05) is 13.2 Å². The van der Waals surface area contributed by atoms with E-state index in [0.717, 1.165) is 22.3 Å². The fourth-order valence-corrected chi connectivity index (χ4v) is 4.43. The fraction of sp³-hybridized carbons (Fsp3) is 0.296. The molecule has 6 heteroatoms. The number of aryl methyl sites for hydroxylation is 1. The molecule has 0 spiro atoms. The third kappa shape index (κ3) is 4.93. The Morgan fingerprint density at radius 1 is 1.00 bits per heavy atom. The number of carbonyl (C=O) groups is 1. The highest BCUT2D eigenvalue weighted by Gasteiger charge is 2.29. The van der Waals surface area contributed by atoms with E-state index in [-0.39, 0.29) is 32.1 Å². The van der Waals surface area contributed by atoms with Crippen LogP contribution in [-0.2, 0) is 11.3 Å². The Hall–Kier alpha value is -3.19. The Bertz CT molecular complexity index is 1080. The van der Waals surface area contributed by atoms with E-state index in [1.54, 1.807) is 18.2 Å². The number of hydrogen-bond acceptors (Lipinski definition) is 5. The lowest BCUT2D eigenvalue weighted by Crippen LogP contribution is -2.30. The molecule has 4 N–H and O–H groups in total. The molecule has 0 saturated heterocycles. The van der Waals surface area contributed by atoms with Crippen molar-refractivity contribution in [2.24, 2.45) is 0 Å². The summed E-state index contributed by atoms with van der Waals surface area (Å²) in [5.41, 5.74) is 6.82. The van der Waals surface area contributed by atoms with E-state index in [0.29, 0.717) is 5.56 Å². The van der Waals surface area contributed by atoms with Crippen LogP contribution in [0.4, 0.5) is 4.79 Å². The number of carbonyl (C=O) groups excluding carboxylic acids is 1. The summed E-state index contributed by atoms with van der Waals surface area (Å²) in [5.74, 6) is -0.0132. The van der Waals surface area contributed by atoms with E-state index in [9.17, 15) is 20.1 Å². The number of nitrogens with one attached hydrogen (secondary N) is 1. The van der Waals surface area contributed by atoms with Gasteiger partial charge < -0.3 is 25.4 Å². The maximum Gasteiger partial charge on any atom is 0.407 e. The average molecular weight is 448 g/mol. The number of hydrogen-bond donors (Lipinski definition) is 4. The van der Waals surface area contributed by atoms with Gasteiger partial charge in [-0.25, -0.2) is 4.79 Å². The predicted octanol–water partition coefficient (Wildman–Crippen LogP) is 3.81. The molecule has 33 heavy (non-hydrogen) atoms. The first-order valence-electron chi connectivity index (χ1n) is 11.1. The molecule has 1 aliphatic carbocycles. The molecule has 0 heterocycles. The second kappa shape index (κ2) is 10.2. The Labute approximate surface area is 193 Å². The Morgan fingerprint density at radius 2 is 1.64 bits per heavy atom. The van der Waals surface area contributed by atoms with Crippen molar-refractivity contribution < 1.29 is 24.9 Å². The van der Waals surface area contributed by atoms with Crippen LogP contribution in [0, 0.1) is 6.92 Å². The third-order valence-electron chi connectivity index (χ3n) is 6.30. The number of aliphatic hydroxyl groups is 3. The number of fused-ring (bicyclic) bond motifs is 3. The van der Waals surface area contributed by atoms with Crippen LogP contribution < -0.4 is 5.32 Å². The quantitative estimate of drug-likeness (QED) is 0.421. The molecule has 1 aliphatic rings. The first kappa shape index (κ1) is 23.0. The average Bonchev–Trinajstić information content (AvgIpc) is 3.16. The smallest absolute Gasteiger partial charge is 0.407 e. The maximum atomic E-state index is 12.3. The second-order valence-corrected chi connectivity index (χ2v) is 8.40. The monoisotopic (exact) mass is 447 g/mol. The zero-order valence-electron chi connectivity index (χ0n) is 18.6. The molecule has 3 aromatic carbocycles. The van der Waals surface area contributed by atoms with Crippen molar-refractivity contribution in [3.63, 3.8) is 0 Å². The van der Waals surface area contributed by atoms with E-state index >= 15 is 0 Å².